The largest absolute Gasteiger partial charge is 0.370 e. The summed E-state index contributed by atoms with van der Waals surface area (Å²) in [6.45, 7) is 3.22. The van der Waals surface area contributed by atoms with Crippen molar-refractivity contribution >= 4 is 5.91 Å². The van der Waals surface area contributed by atoms with Gasteiger partial charge < -0.3 is 9.64 Å². The lowest BCUT2D eigenvalue weighted by molar-refractivity contribution is -0.143. The molecule has 0 aliphatic carbocycles. The molecule has 1 atom stereocenters. The molecule has 60 valence electrons. The van der Waals surface area contributed by atoms with Crippen LogP contribution < -0.4 is 0 Å². The molecule has 1 fully saturated rings. The van der Waals surface area contributed by atoms with Crippen LogP contribution in [0.15, 0.2) is 0 Å². The zero-order chi connectivity index (χ0) is 8.27. The van der Waals surface area contributed by atoms with Crippen molar-refractivity contribution in [2.75, 3.05) is 19.8 Å². The molecule has 3 heteroatoms. The number of morpholine rings is 1. The van der Waals surface area contributed by atoms with Crippen LogP contribution in [0.2, 0.25) is 0 Å². The summed E-state index contributed by atoms with van der Waals surface area (Å²) in [7, 11) is 0. The number of hydrogen-bond acceptors (Lipinski definition) is 2. The molecule has 1 rings (SSSR count). The summed E-state index contributed by atoms with van der Waals surface area (Å²) in [6.07, 6.45) is 5.18. The molecule has 1 heterocycles. The number of carbonyl (C=O) groups excluding carboxylic acids is 1. The van der Waals surface area contributed by atoms with Gasteiger partial charge in [-0.1, -0.05) is 5.92 Å². The fourth-order valence-electron chi connectivity index (χ4n) is 1.03. The molecule has 0 N–H and O–H groups in total. The molecule has 0 aromatic heterocycles. The highest BCUT2D eigenvalue weighted by Gasteiger charge is 2.21. The smallest absolute Gasteiger partial charge is 0.249 e. The summed E-state index contributed by atoms with van der Waals surface area (Å²) < 4.78 is 4.95. The third kappa shape index (κ3) is 1.72. The van der Waals surface area contributed by atoms with Crippen LogP contribution in [-0.2, 0) is 9.53 Å². The number of ether oxygens (including phenoxy) is 1. The molecule has 0 bridgehead atoms. The van der Waals surface area contributed by atoms with E-state index in [-0.39, 0.29) is 18.6 Å². The Morgan fingerprint density at radius 1 is 1.82 bits per heavy atom. The van der Waals surface area contributed by atoms with Crippen LogP contribution in [0.5, 0.6) is 0 Å². The first-order valence-corrected chi connectivity index (χ1v) is 3.59. The topological polar surface area (TPSA) is 29.5 Å². The maximum absolute atomic E-state index is 11.1. The predicted octanol–water partition coefficient (Wildman–Crippen LogP) is -0.133. The molecular weight excluding hydrogens is 142 g/mol. The molecule has 3 nitrogen and oxygen atoms in total. The summed E-state index contributed by atoms with van der Waals surface area (Å²) in [6, 6.07) is -0.105. The third-order valence-electron chi connectivity index (χ3n) is 1.73. The molecule has 1 saturated heterocycles. The van der Waals surface area contributed by atoms with E-state index < -0.39 is 0 Å². The van der Waals surface area contributed by atoms with Crippen molar-refractivity contribution in [3.8, 4) is 12.3 Å². The van der Waals surface area contributed by atoms with Crippen LogP contribution in [0, 0.1) is 12.3 Å². The zero-order valence-corrected chi connectivity index (χ0v) is 6.54. The van der Waals surface area contributed by atoms with Gasteiger partial charge in [0.15, 0.2) is 0 Å². The Labute approximate surface area is 66.3 Å². The number of hydrogen-bond donors (Lipinski definition) is 0. The number of nitrogens with zero attached hydrogens (tertiary/aromatic N) is 1. The van der Waals surface area contributed by atoms with E-state index in [1.165, 1.54) is 0 Å². The van der Waals surface area contributed by atoms with Gasteiger partial charge in [0, 0.05) is 6.54 Å². The van der Waals surface area contributed by atoms with Crippen LogP contribution >= 0.6 is 0 Å². The Balaban J connectivity index is 2.56. The van der Waals surface area contributed by atoms with Crippen molar-refractivity contribution in [3.05, 3.63) is 0 Å². The van der Waals surface area contributed by atoms with Gasteiger partial charge in [0.2, 0.25) is 5.91 Å². The van der Waals surface area contributed by atoms with Gasteiger partial charge in [-0.05, 0) is 6.92 Å². The van der Waals surface area contributed by atoms with Gasteiger partial charge in [-0.2, -0.15) is 0 Å². The number of rotatable bonds is 1. The van der Waals surface area contributed by atoms with Crippen LogP contribution in [0.1, 0.15) is 6.92 Å². The normalized spacial score (nSPS) is 21.1. The molecule has 1 unspecified atom stereocenters. The summed E-state index contributed by atoms with van der Waals surface area (Å²) in [5, 5.41) is 0. The lowest BCUT2D eigenvalue weighted by Crippen LogP contribution is -2.46. The third-order valence-corrected chi connectivity index (χ3v) is 1.73. The first-order chi connectivity index (χ1) is 5.25. The van der Waals surface area contributed by atoms with E-state index >= 15 is 0 Å². The quantitative estimate of drug-likeness (QED) is 0.491. The van der Waals surface area contributed by atoms with Crippen molar-refractivity contribution < 1.29 is 9.53 Å². The van der Waals surface area contributed by atoms with E-state index in [0.717, 1.165) is 0 Å². The lowest BCUT2D eigenvalue weighted by atomic mass is 10.2. The van der Waals surface area contributed by atoms with Crippen LogP contribution in [0.4, 0.5) is 0 Å². The minimum atomic E-state index is -0.105. The Morgan fingerprint density at radius 3 is 3.09 bits per heavy atom. The molecule has 1 aliphatic heterocycles. The van der Waals surface area contributed by atoms with Gasteiger partial charge in [-0.25, -0.2) is 0 Å². The number of carbonyl (C=O) groups is 1. The summed E-state index contributed by atoms with van der Waals surface area (Å²) >= 11 is 0. The molecule has 0 radical (unpaired) electrons. The van der Waals surface area contributed by atoms with Gasteiger partial charge in [0.25, 0.3) is 0 Å². The average molecular weight is 153 g/mol. The fraction of sp³-hybridized carbons (Fsp3) is 0.625. The highest BCUT2D eigenvalue weighted by molar-refractivity contribution is 5.78. The van der Waals surface area contributed by atoms with Crippen molar-refractivity contribution in [1.29, 1.82) is 0 Å². The molecule has 1 amide bonds. The molecule has 1 aliphatic rings. The fourth-order valence-corrected chi connectivity index (χ4v) is 1.03. The van der Waals surface area contributed by atoms with Gasteiger partial charge in [-0.15, -0.1) is 6.42 Å². The van der Waals surface area contributed by atoms with Gasteiger partial charge in [0.05, 0.1) is 12.6 Å². The molecule has 11 heavy (non-hydrogen) atoms. The summed E-state index contributed by atoms with van der Waals surface area (Å²) in [5.74, 6) is 2.50. The van der Waals surface area contributed by atoms with Crippen molar-refractivity contribution in [3.63, 3.8) is 0 Å². The van der Waals surface area contributed by atoms with Crippen molar-refractivity contribution in [2.24, 2.45) is 0 Å². The van der Waals surface area contributed by atoms with Crippen LogP contribution in [-0.4, -0.2) is 36.6 Å². The minimum Gasteiger partial charge on any atom is -0.370 e. The molecular formula is C8H11NO2. The van der Waals surface area contributed by atoms with E-state index in [2.05, 4.69) is 5.92 Å². The number of amides is 1. The van der Waals surface area contributed by atoms with Gasteiger partial charge >= 0.3 is 0 Å². The maximum Gasteiger partial charge on any atom is 0.249 e. The molecule has 0 aromatic rings. The average Bonchev–Trinajstić information content (AvgIpc) is 2.04. The number of terminal acetylenes is 1. The second kappa shape index (κ2) is 3.40. The van der Waals surface area contributed by atoms with E-state index in [4.69, 9.17) is 11.2 Å². The summed E-state index contributed by atoms with van der Waals surface area (Å²) in [4.78, 5) is 12.8. The van der Waals surface area contributed by atoms with Gasteiger partial charge in [0.1, 0.15) is 6.61 Å². The minimum absolute atomic E-state index is 0.0123. The predicted molar refractivity (Wildman–Crippen MR) is 40.8 cm³/mol. The first kappa shape index (κ1) is 8.09. The standard InChI is InChI=1S/C8H11NO2/c1-3-7(2)9-4-5-11-6-8(9)10/h1,7H,4-6H2,2H3. The summed E-state index contributed by atoms with van der Waals surface area (Å²) in [5.41, 5.74) is 0. The molecule has 0 saturated carbocycles. The Bertz CT molecular complexity index is 195. The van der Waals surface area contributed by atoms with E-state index in [1.807, 2.05) is 6.92 Å². The van der Waals surface area contributed by atoms with Crippen LogP contribution in [0.3, 0.4) is 0 Å². The molecule has 0 aromatic carbocycles. The Morgan fingerprint density at radius 2 is 2.55 bits per heavy atom. The Kier molecular flexibility index (Phi) is 2.50. The Hall–Kier alpha value is -1.01. The van der Waals surface area contributed by atoms with E-state index in [0.29, 0.717) is 13.2 Å². The van der Waals surface area contributed by atoms with E-state index in [9.17, 15) is 4.79 Å². The van der Waals surface area contributed by atoms with Crippen molar-refractivity contribution in [2.45, 2.75) is 13.0 Å². The first-order valence-electron chi connectivity index (χ1n) is 3.59. The second-order valence-electron chi connectivity index (χ2n) is 2.48. The molecule has 0 spiro atoms. The van der Waals surface area contributed by atoms with Crippen LogP contribution in [0.25, 0.3) is 0 Å². The lowest BCUT2D eigenvalue weighted by Gasteiger charge is -2.29. The zero-order valence-electron chi connectivity index (χ0n) is 6.54. The SMILES string of the molecule is C#CC(C)N1CCOCC1=O. The highest BCUT2D eigenvalue weighted by Crippen LogP contribution is 2.03. The maximum atomic E-state index is 11.1. The second-order valence-corrected chi connectivity index (χ2v) is 2.48. The van der Waals surface area contributed by atoms with E-state index in [1.54, 1.807) is 4.90 Å². The highest BCUT2D eigenvalue weighted by atomic mass is 16.5. The van der Waals surface area contributed by atoms with Crippen molar-refractivity contribution in [1.82, 2.24) is 4.90 Å². The monoisotopic (exact) mass is 153 g/mol. The van der Waals surface area contributed by atoms with Gasteiger partial charge in [-0.3, -0.25) is 4.79 Å².